The molecule has 7 heteroatoms. The molecule has 6 nitrogen and oxygen atoms in total. The minimum atomic E-state index is -0.947. The molecule has 1 saturated heterocycles. The van der Waals surface area contributed by atoms with E-state index in [1.54, 1.807) is 13.8 Å². The molecule has 2 aliphatic carbocycles. The lowest BCUT2D eigenvalue weighted by Gasteiger charge is -2.35. The van der Waals surface area contributed by atoms with E-state index >= 15 is 0 Å². The van der Waals surface area contributed by atoms with Crippen LogP contribution in [0.2, 0.25) is 0 Å². The zero-order valence-electron chi connectivity index (χ0n) is 19.9. The van der Waals surface area contributed by atoms with Crippen LogP contribution in [-0.2, 0) is 10.4 Å². The molecule has 0 atom stereocenters. The number of carbonyl (C=O) groups excluding carboxylic acids is 1. The van der Waals surface area contributed by atoms with Crippen molar-refractivity contribution in [3.63, 3.8) is 0 Å². The number of nitrogens with two attached hydrogens (primary N) is 1. The van der Waals surface area contributed by atoms with E-state index in [-0.39, 0.29) is 6.41 Å². The first-order valence-electron chi connectivity index (χ1n) is 11.9. The third-order valence-electron chi connectivity index (χ3n) is 7.14. The number of aromatic nitrogens is 1. The number of piperidine rings is 1. The summed E-state index contributed by atoms with van der Waals surface area (Å²) in [5, 5.41) is 10.5. The summed E-state index contributed by atoms with van der Waals surface area (Å²) in [4.78, 5) is 16.0. The smallest absolute Gasteiger partial charge is 0.204 e. The van der Waals surface area contributed by atoms with Crippen molar-refractivity contribution < 1.29 is 9.90 Å². The van der Waals surface area contributed by atoms with Gasteiger partial charge in [0, 0.05) is 34.8 Å². The Kier molecular flexibility index (Phi) is 6.65. The van der Waals surface area contributed by atoms with E-state index in [2.05, 4.69) is 46.5 Å². The van der Waals surface area contributed by atoms with Crippen LogP contribution in [0.5, 0.6) is 0 Å². The SMILES string of the molecule is CC1(SNc2ccc(-c3cccc(C(C)(C)O)n3)c(N3CCC4(CC3)CC4)c2)CC1.NC=O. The summed E-state index contributed by atoms with van der Waals surface area (Å²) >= 11 is 1.85. The molecule has 3 fully saturated rings. The van der Waals surface area contributed by atoms with Crippen LogP contribution in [0.4, 0.5) is 11.4 Å². The number of nitrogens with one attached hydrogen (secondary N) is 1. The number of primary amides is 1. The van der Waals surface area contributed by atoms with E-state index in [0.717, 1.165) is 30.0 Å². The quantitative estimate of drug-likeness (QED) is 0.405. The number of anilines is 2. The van der Waals surface area contributed by atoms with E-state index in [1.807, 2.05) is 24.1 Å². The largest absolute Gasteiger partial charge is 0.384 e. The lowest BCUT2D eigenvalue weighted by molar-refractivity contribution is -0.106. The highest BCUT2D eigenvalue weighted by atomic mass is 32.2. The number of carbonyl (C=O) groups is 1. The van der Waals surface area contributed by atoms with Crippen LogP contribution in [0.25, 0.3) is 11.3 Å². The molecule has 2 saturated carbocycles. The molecule has 1 spiro atoms. The molecule has 0 radical (unpaired) electrons. The zero-order chi connectivity index (χ0) is 23.7. The van der Waals surface area contributed by atoms with Gasteiger partial charge in [0.15, 0.2) is 0 Å². The van der Waals surface area contributed by atoms with Crippen LogP contribution in [-0.4, -0.2) is 34.3 Å². The van der Waals surface area contributed by atoms with E-state index in [4.69, 9.17) is 9.78 Å². The summed E-state index contributed by atoms with van der Waals surface area (Å²) in [6, 6.07) is 12.6. The normalized spacial score (nSPS) is 19.9. The van der Waals surface area contributed by atoms with Crippen LogP contribution < -0.4 is 15.4 Å². The summed E-state index contributed by atoms with van der Waals surface area (Å²) in [6.07, 6.45) is 8.26. The summed E-state index contributed by atoms with van der Waals surface area (Å²) in [6.45, 7) is 8.15. The summed E-state index contributed by atoms with van der Waals surface area (Å²) < 4.78 is 3.99. The molecular formula is C26H36N4O2S. The Morgan fingerprint density at radius 2 is 1.79 bits per heavy atom. The number of pyridine rings is 1. The van der Waals surface area contributed by atoms with E-state index < -0.39 is 5.60 Å². The molecule has 3 aliphatic rings. The lowest BCUT2D eigenvalue weighted by Crippen LogP contribution is -2.34. The average molecular weight is 469 g/mol. The predicted octanol–water partition coefficient (Wildman–Crippen LogP) is 5.07. The van der Waals surface area contributed by atoms with Crippen molar-refractivity contribution in [2.24, 2.45) is 11.1 Å². The zero-order valence-corrected chi connectivity index (χ0v) is 20.8. The van der Waals surface area contributed by atoms with Crippen LogP contribution in [0.15, 0.2) is 36.4 Å². The number of amides is 1. The molecule has 1 amide bonds. The number of hydrogen-bond acceptors (Lipinski definition) is 6. The van der Waals surface area contributed by atoms with Crippen molar-refractivity contribution >= 4 is 29.7 Å². The second kappa shape index (κ2) is 9.18. The van der Waals surface area contributed by atoms with Gasteiger partial charge in [-0.3, -0.25) is 4.79 Å². The molecule has 1 aromatic carbocycles. The first-order valence-corrected chi connectivity index (χ1v) is 12.7. The molecule has 1 aromatic heterocycles. The molecule has 33 heavy (non-hydrogen) atoms. The topological polar surface area (TPSA) is 91.5 Å². The number of benzene rings is 1. The van der Waals surface area contributed by atoms with Gasteiger partial charge in [0.25, 0.3) is 0 Å². The fourth-order valence-corrected chi connectivity index (χ4v) is 5.16. The molecule has 4 N–H and O–H groups in total. The van der Waals surface area contributed by atoms with Gasteiger partial charge in [-0.1, -0.05) is 6.07 Å². The number of hydrogen-bond donors (Lipinski definition) is 3. The molecule has 2 heterocycles. The number of rotatable bonds is 6. The van der Waals surface area contributed by atoms with E-state index in [1.165, 1.54) is 44.2 Å². The molecule has 0 unspecified atom stereocenters. The summed E-state index contributed by atoms with van der Waals surface area (Å²) in [7, 11) is 0. The third-order valence-corrected chi connectivity index (χ3v) is 8.38. The molecule has 178 valence electrons. The number of nitrogens with zero attached hydrogens (tertiary/aromatic N) is 2. The maximum absolute atomic E-state index is 10.5. The van der Waals surface area contributed by atoms with Crippen LogP contribution in [0, 0.1) is 5.41 Å². The van der Waals surface area contributed by atoms with Crippen molar-refractivity contribution in [2.75, 3.05) is 22.7 Å². The maximum atomic E-state index is 10.5. The Balaban J connectivity index is 0.000000821. The Bertz CT molecular complexity index is 986. The van der Waals surface area contributed by atoms with E-state index in [9.17, 15) is 5.11 Å². The van der Waals surface area contributed by atoms with Gasteiger partial charge in [0.1, 0.15) is 5.60 Å². The van der Waals surface area contributed by atoms with Gasteiger partial charge < -0.3 is 20.5 Å². The van der Waals surface area contributed by atoms with Crippen molar-refractivity contribution in [3.05, 3.63) is 42.1 Å². The molecular weight excluding hydrogens is 432 g/mol. The highest BCUT2D eigenvalue weighted by Crippen LogP contribution is 2.54. The Morgan fingerprint density at radius 3 is 2.36 bits per heavy atom. The van der Waals surface area contributed by atoms with Gasteiger partial charge in [-0.2, -0.15) is 0 Å². The average Bonchev–Trinajstić information content (AvgIpc) is 3.72. The standard InChI is InChI=1S/C25H33N3OS.CH3NO/c1-23(2,29)22-6-4-5-20(26-22)19-8-7-18(27-30-24(3)9-10-24)17-21(19)28-15-13-25(11-12-25)14-16-28;2-1-3/h4-8,17,27,29H,9-16H2,1-3H3;1H,(H2,2,3). The van der Waals surface area contributed by atoms with Gasteiger partial charge >= 0.3 is 0 Å². The third kappa shape index (κ3) is 5.82. The van der Waals surface area contributed by atoms with Gasteiger partial charge in [-0.25, -0.2) is 4.98 Å². The monoisotopic (exact) mass is 468 g/mol. The van der Waals surface area contributed by atoms with Gasteiger partial charge in [0.05, 0.1) is 11.4 Å². The molecule has 1 aliphatic heterocycles. The maximum Gasteiger partial charge on any atom is 0.204 e. The second-order valence-corrected chi connectivity index (χ2v) is 11.9. The Labute approximate surface area is 201 Å². The molecule has 5 rings (SSSR count). The fraction of sp³-hybridized carbons (Fsp3) is 0.538. The van der Waals surface area contributed by atoms with Crippen molar-refractivity contribution in [1.29, 1.82) is 0 Å². The Morgan fingerprint density at radius 1 is 1.12 bits per heavy atom. The minimum absolute atomic E-state index is 0.250. The first kappa shape index (κ1) is 23.9. The molecule has 0 bridgehead atoms. The summed E-state index contributed by atoms with van der Waals surface area (Å²) in [5.41, 5.74) is 9.10. The minimum Gasteiger partial charge on any atom is -0.384 e. The van der Waals surface area contributed by atoms with E-state index in [0.29, 0.717) is 15.9 Å². The lowest BCUT2D eigenvalue weighted by atomic mass is 9.92. The summed E-state index contributed by atoms with van der Waals surface area (Å²) in [5.74, 6) is 0. The fourth-order valence-electron chi connectivity index (χ4n) is 4.36. The first-order chi connectivity index (χ1) is 15.7. The van der Waals surface area contributed by atoms with Crippen LogP contribution >= 0.6 is 11.9 Å². The van der Waals surface area contributed by atoms with Crippen molar-refractivity contribution in [1.82, 2.24) is 4.98 Å². The van der Waals surface area contributed by atoms with Crippen LogP contribution in [0.3, 0.4) is 0 Å². The molecule has 2 aromatic rings. The van der Waals surface area contributed by atoms with Gasteiger partial charge in [0.2, 0.25) is 6.41 Å². The van der Waals surface area contributed by atoms with Gasteiger partial charge in [-0.05, 0) is 107 Å². The Hall–Kier alpha value is -2.25. The van der Waals surface area contributed by atoms with Gasteiger partial charge in [-0.15, -0.1) is 0 Å². The second-order valence-electron chi connectivity index (χ2n) is 10.5. The van der Waals surface area contributed by atoms with Crippen molar-refractivity contribution in [2.45, 2.75) is 69.6 Å². The van der Waals surface area contributed by atoms with Crippen molar-refractivity contribution in [3.8, 4) is 11.3 Å². The predicted molar refractivity (Wildman–Crippen MR) is 137 cm³/mol. The van der Waals surface area contributed by atoms with Crippen LogP contribution in [0.1, 0.15) is 65.0 Å². The number of aliphatic hydroxyl groups is 1. The highest BCUT2D eigenvalue weighted by molar-refractivity contribution is 8.02. The highest BCUT2D eigenvalue weighted by Gasteiger charge is 2.44.